The van der Waals surface area contributed by atoms with Crippen LogP contribution in [0.1, 0.15) is 35.3 Å². The minimum absolute atomic E-state index is 0.0418. The summed E-state index contributed by atoms with van der Waals surface area (Å²) in [6.07, 6.45) is 2.04. The third-order valence-corrected chi connectivity index (χ3v) is 5.48. The van der Waals surface area contributed by atoms with Gasteiger partial charge in [-0.15, -0.1) is 0 Å². The Morgan fingerprint density at radius 3 is 2.04 bits per heavy atom. The molecule has 5 heteroatoms. The highest BCUT2D eigenvalue weighted by molar-refractivity contribution is 5.95. The van der Waals surface area contributed by atoms with Crippen LogP contribution in [0.5, 0.6) is 11.5 Å². The van der Waals surface area contributed by atoms with Crippen molar-refractivity contribution < 1.29 is 14.3 Å². The molecule has 3 rings (SSSR count). The van der Waals surface area contributed by atoms with Crippen LogP contribution >= 0.6 is 0 Å². The van der Waals surface area contributed by atoms with E-state index in [9.17, 15) is 4.79 Å². The summed E-state index contributed by atoms with van der Waals surface area (Å²) >= 11 is 0. The van der Waals surface area contributed by atoms with Crippen LogP contribution in [0, 0.1) is 0 Å². The third-order valence-electron chi connectivity index (χ3n) is 5.48. The van der Waals surface area contributed by atoms with E-state index in [0.29, 0.717) is 30.2 Å². The SMILES string of the molecule is CCc1cccc(CC)c1N1CCN(C(=O)c2ccc(OC)c(OC)c2)CC1. The first kappa shape index (κ1) is 20.1. The van der Waals surface area contributed by atoms with Gasteiger partial charge in [0.15, 0.2) is 11.5 Å². The Balaban J connectivity index is 1.73. The van der Waals surface area contributed by atoms with Crippen LogP contribution in [0.15, 0.2) is 36.4 Å². The molecule has 0 saturated carbocycles. The number of carbonyl (C=O) groups is 1. The lowest BCUT2D eigenvalue weighted by Gasteiger charge is -2.38. The van der Waals surface area contributed by atoms with E-state index >= 15 is 0 Å². The zero-order chi connectivity index (χ0) is 20.1. The molecule has 1 aliphatic heterocycles. The highest BCUT2D eigenvalue weighted by atomic mass is 16.5. The van der Waals surface area contributed by atoms with Gasteiger partial charge in [-0.25, -0.2) is 0 Å². The summed E-state index contributed by atoms with van der Waals surface area (Å²) in [4.78, 5) is 17.3. The first-order chi connectivity index (χ1) is 13.6. The number of anilines is 1. The fraction of sp³-hybridized carbons (Fsp3) is 0.435. The summed E-state index contributed by atoms with van der Waals surface area (Å²) in [5.74, 6) is 1.25. The van der Waals surface area contributed by atoms with Crippen molar-refractivity contribution in [2.45, 2.75) is 26.7 Å². The Bertz CT molecular complexity index is 804. The number of carbonyl (C=O) groups excluding carboxylic acids is 1. The molecular formula is C23H30N2O3. The van der Waals surface area contributed by atoms with E-state index in [2.05, 4.69) is 36.9 Å². The number of methoxy groups -OCH3 is 2. The van der Waals surface area contributed by atoms with Gasteiger partial charge in [0.25, 0.3) is 5.91 Å². The van der Waals surface area contributed by atoms with E-state index in [1.54, 1.807) is 32.4 Å². The van der Waals surface area contributed by atoms with Gasteiger partial charge in [0.05, 0.1) is 14.2 Å². The molecule has 0 spiro atoms. The normalized spacial score (nSPS) is 14.1. The average molecular weight is 383 g/mol. The summed E-state index contributed by atoms with van der Waals surface area (Å²) in [5, 5.41) is 0. The minimum Gasteiger partial charge on any atom is -0.493 e. The van der Waals surface area contributed by atoms with E-state index < -0.39 is 0 Å². The van der Waals surface area contributed by atoms with Gasteiger partial charge in [0.1, 0.15) is 0 Å². The molecule has 28 heavy (non-hydrogen) atoms. The van der Waals surface area contributed by atoms with Crippen molar-refractivity contribution >= 4 is 11.6 Å². The zero-order valence-electron chi connectivity index (χ0n) is 17.3. The van der Waals surface area contributed by atoms with Gasteiger partial charge in [-0.3, -0.25) is 4.79 Å². The Hall–Kier alpha value is -2.69. The molecule has 1 aliphatic rings. The van der Waals surface area contributed by atoms with Crippen molar-refractivity contribution in [3.63, 3.8) is 0 Å². The molecule has 1 heterocycles. The molecule has 0 bridgehead atoms. The number of para-hydroxylation sites is 1. The number of hydrogen-bond donors (Lipinski definition) is 0. The topological polar surface area (TPSA) is 42.0 Å². The van der Waals surface area contributed by atoms with E-state index in [-0.39, 0.29) is 5.91 Å². The number of piperazine rings is 1. The smallest absolute Gasteiger partial charge is 0.254 e. The minimum atomic E-state index is 0.0418. The number of hydrogen-bond acceptors (Lipinski definition) is 4. The molecule has 1 amide bonds. The van der Waals surface area contributed by atoms with Crippen molar-refractivity contribution in [1.29, 1.82) is 0 Å². The lowest BCUT2D eigenvalue weighted by molar-refractivity contribution is 0.0746. The third kappa shape index (κ3) is 3.93. The van der Waals surface area contributed by atoms with Crippen LogP contribution in [0.4, 0.5) is 5.69 Å². The van der Waals surface area contributed by atoms with E-state index in [1.165, 1.54) is 16.8 Å². The Morgan fingerprint density at radius 1 is 0.893 bits per heavy atom. The van der Waals surface area contributed by atoms with Crippen LogP contribution < -0.4 is 14.4 Å². The summed E-state index contributed by atoms with van der Waals surface area (Å²) in [5.41, 5.74) is 4.78. The number of ether oxygens (including phenoxy) is 2. The quantitative estimate of drug-likeness (QED) is 0.762. The molecule has 0 aromatic heterocycles. The maximum absolute atomic E-state index is 13.0. The number of amides is 1. The fourth-order valence-electron chi connectivity index (χ4n) is 3.91. The monoisotopic (exact) mass is 382 g/mol. The second-order valence-electron chi connectivity index (χ2n) is 6.98. The van der Waals surface area contributed by atoms with Gasteiger partial charge >= 0.3 is 0 Å². The predicted molar refractivity (Wildman–Crippen MR) is 113 cm³/mol. The van der Waals surface area contributed by atoms with E-state index in [0.717, 1.165) is 25.9 Å². The Morgan fingerprint density at radius 2 is 1.50 bits per heavy atom. The van der Waals surface area contributed by atoms with Gasteiger partial charge in [-0.1, -0.05) is 32.0 Å². The standard InChI is InChI=1S/C23H30N2O3/c1-5-17-8-7-9-18(6-2)22(17)24-12-14-25(15-13-24)23(26)19-10-11-20(27-3)21(16-19)28-4/h7-11,16H,5-6,12-15H2,1-4H3. The number of rotatable bonds is 6. The first-order valence-corrected chi connectivity index (χ1v) is 9.99. The van der Waals surface area contributed by atoms with Crippen LogP contribution in [0.2, 0.25) is 0 Å². The van der Waals surface area contributed by atoms with Crippen LogP contribution in [-0.4, -0.2) is 51.2 Å². The summed E-state index contributed by atoms with van der Waals surface area (Å²) < 4.78 is 10.6. The van der Waals surface area contributed by atoms with Crippen LogP contribution in [-0.2, 0) is 12.8 Å². The molecule has 5 nitrogen and oxygen atoms in total. The number of nitrogens with zero attached hydrogens (tertiary/aromatic N) is 2. The second-order valence-corrected chi connectivity index (χ2v) is 6.98. The maximum atomic E-state index is 13.0. The van der Waals surface area contributed by atoms with Gasteiger partial charge in [-0.05, 0) is 42.2 Å². The summed E-state index contributed by atoms with van der Waals surface area (Å²) in [7, 11) is 3.18. The van der Waals surface area contributed by atoms with Crippen molar-refractivity contribution in [2.75, 3.05) is 45.3 Å². The summed E-state index contributed by atoms with van der Waals surface area (Å²) in [6, 6.07) is 11.9. The van der Waals surface area contributed by atoms with Gasteiger partial charge in [0, 0.05) is 37.4 Å². The molecule has 1 saturated heterocycles. The van der Waals surface area contributed by atoms with Gasteiger partial charge < -0.3 is 19.3 Å². The first-order valence-electron chi connectivity index (χ1n) is 9.99. The fourth-order valence-corrected chi connectivity index (χ4v) is 3.91. The highest BCUT2D eigenvalue weighted by Crippen LogP contribution is 2.30. The zero-order valence-corrected chi connectivity index (χ0v) is 17.3. The van der Waals surface area contributed by atoms with Gasteiger partial charge in [0.2, 0.25) is 0 Å². The molecule has 2 aromatic carbocycles. The van der Waals surface area contributed by atoms with Crippen molar-refractivity contribution in [1.82, 2.24) is 4.90 Å². The molecule has 0 N–H and O–H groups in total. The summed E-state index contributed by atoms with van der Waals surface area (Å²) in [6.45, 7) is 7.54. The largest absolute Gasteiger partial charge is 0.493 e. The van der Waals surface area contributed by atoms with E-state index in [1.807, 2.05) is 4.90 Å². The molecule has 0 unspecified atom stereocenters. The van der Waals surface area contributed by atoms with Crippen molar-refractivity contribution in [3.05, 3.63) is 53.1 Å². The molecule has 0 radical (unpaired) electrons. The van der Waals surface area contributed by atoms with Crippen molar-refractivity contribution in [2.24, 2.45) is 0 Å². The maximum Gasteiger partial charge on any atom is 0.254 e. The predicted octanol–water partition coefficient (Wildman–Crippen LogP) is 3.79. The Labute approximate surface area is 167 Å². The molecule has 0 atom stereocenters. The van der Waals surface area contributed by atoms with Crippen molar-refractivity contribution in [3.8, 4) is 11.5 Å². The molecule has 1 fully saturated rings. The number of benzene rings is 2. The molecule has 150 valence electrons. The van der Waals surface area contributed by atoms with Crippen LogP contribution in [0.25, 0.3) is 0 Å². The van der Waals surface area contributed by atoms with Crippen LogP contribution in [0.3, 0.4) is 0 Å². The second kappa shape index (κ2) is 9.00. The van der Waals surface area contributed by atoms with Gasteiger partial charge in [-0.2, -0.15) is 0 Å². The van der Waals surface area contributed by atoms with E-state index in [4.69, 9.17) is 9.47 Å². The number of aryl methyl sites for hydroxylation is 2. The lowest BCUT2D eigenvalue weighted by atomic mass is 10.0. The lowest BCUT2D eigenvalue weighted by Crippen LogP contribution is -2.49. The average Bonchev–Trinajstić information content (AvgIpc) is 2.77. The molecule has 2 aromatic rings. The Kier molecular flexibility index (Phi) is 6.45. The molecular weight excluding hydrogens is 352 g/mol. The highest BCUT2D eigenvalue weighted by Gasteiger charge is 2.25. The molecule has 0 aliphatic carbocycles.